The highest BCUT2D eigenvalue weighted by Crippen LogP contribution is 2.20. The van der Waals surface area contributed by atoms with E-state index in [1.165, 1.54) is 32.1 Å². The van der Waals surface area contributed by atoms with Crippen LogP contribution in [0, 0.1) is 5.92 Å². The number of unbranched alkanes of at least 4 members (excludes halogenated alkanes) is 5. The Bertz CT molecular complexity index is 971. The van der Waals surface area contributed by atoms with Crippen molar-refractivity contribution in [2.45, 2.75) is 84.8 Å². The van der Waals surface area contributed by atoms with Crippen LogP contribution in [-0.4, -0.2) is 53.0 Å². The van der Waals surface area contributed by atoms with E-state index in [9.17, 15) is 14.4 Å². The van der Waals surface area contributed by atoms with Gasteiger partial charge in [-0.25, -0.2) is 4.57 Å². The molecule has 2 N–H and O–H groups in total. The minimum absolute atomic E-state index is 0.0529. The number of aryl methyl sites for hydroxylation is 1. The zero-order valence-corrected chi connectivity index (χ0v) is 20.7. The fourth-order valence-corrected chi connectivity index (χ4v) is 4.10. The van der Waals surface area contributed by atoms with Crippen LogP contribution in [0.4, 0.5) is 0 Å². The molecule has 0 saturated heterocycles. The minimum Gasteiger partial charge on any atom is -0.315 e. The van der Waals surface area contributed by atoms with Gasteiger partial charge in [-0.05, 0) is 19.4 Å². The van der Waals surface area contributed by atoms with Gasteiger partial charge in [0.2, 0.25) is 11.9 Å². The van der Waals surface area contributed by atoms with E-state index in [1.54, 1.807) is 24.8 Å². The number of carbonyl (C=O) groups excluding carboxylic acids is 3. The molecular weight excluding hydrogens is 432 g/mol. The predicted octanol–water partition coefficient (Wildman–Crippen LogP) is 2.20. The van der Waals surface area contributed by atoms with E-state index in [2.05, 4.69) is 27.5 Å². The highest BCUT2D eigenvalue weighted by Gasteiger charge is 2.43. The Morgan fingerprint density at radius 3 is 2.71 bits per heavy atom. The fraction of sp³-hybridized carbons (Fsp3) is 0.600. The van der Waals surface area contributed by atoms with E-state index < -0.39 is 11.9 Å². The highest BCUT2D eigenvalue weighted by atomic mass is 16.2. The van der Waals surface area contributed by atoms with Crippen molar-refractivity contribution in [3.8, 4) is 0 Å². The van der Waals surface area contributed by atoms with Crippen molar-refractivity contribution in [1.82, 2.24) is 15.5 Å². The zero-order chi connectivity index (χ0) is 24.7. The van der Waals surface area contributed by atoms with Crippen molar-refractivity contribution in [2.75, 3.05) is 6.54 Å². The SMILES string of the molecule is CCCCCCCC[n+]1cccc(C(=O)N2C(C)CN=C3N=C(NC(=O)C(C)C)NC(=O)C32)c1. The molecule has 0 radical (unpaired) electrons. The highest BCUT2D eigenvalue weighted by molar-refractivity contribution is 6.23. The molecule has 1 aromatic heterocycles. The Morgan fingerprint density at radius 1 is 1.24 bits per heavy atom. The smallest absolute Gasteiger partial charge is 0.261 e. The maximum Gasteiger partial charge on any atom is 0.261 e. The molecule has 1 aromatic rings. The molecule has 2 atom stereocenters. The van der Waals surface area contributed by atoms with Crippen LogP contribution in [-0.2, 0) is 16.1 Å². The minimum atomic E-state index is -0.928. The maximum atomic E-state index is 13.5. The van der Waals surface area contributed by atoms with Crippen molar-refractivity contribution in [3.63, 3.8) is 0 Å². The first-order chi connectivity index (χ1) is 16.3. The summed E-state index contributed by atoms with van der Waals surface area (Å²) < 4.78 is 2.04. The summed E-state index contributed by atoms with van der Waals surface area (Å²) in [6, 6.07) is 2.45. The van der Waals surface area contributed by atoms with E-state index in [1.807, 2.05) is 30.0 Å². The molecule has 0 aromatic carbocycles. The summed E-state index contributed by atoms with van der Waals surface area (Å²) in [5.41, 5.74) is 0.525. The molecule has 34 heavy (non-hydrogen) atoms. The molecule has 2 aliphatic rings. The van der Waals surface area contributed by atoms with Crippen LogP contribution >= 0.6 is 0 Å². The molecule has 2 aliphatic heterocycles. The summed E-state index contributed by atoms with van der Waals surface area (Å²) in [7, 11) is 0. The molecule has 3 amide bonds. The van der Waals surface area contributed by atoms with Gasteiger partial charge in [0.15, 0.2) is 24.3 Å². The fourth-order valence-electron chi connectivity index (χ4n) is 4.10. The van der Waals surface area contributed by atoms with Gasteiger partial charge in [0.25, 0.3) is 11.8 Å². The Labute approximate surface area is 201 Å². The molecule has 9 nitrogen and oxygen atoms in total. The maximum absolute atomic E-state index is 13.5. The van der Waals surface area contributed by atoms with Crippen molar-refractivity contribution >= 4 is 29.5 Å². The summed E-state index contributed by atoms with van der Waals surface area (Å²) >= 11 is 0. The largest absolute Gasteiger partial charge is 0.315 e. The number of nitrogens with zero attached hydrogens (tertiary/aromatic N) is 4. The normalized spacial score (nSPS) is 19.8. The second-order valence-corrected chi connectivity index (χ2v) is 9.35. The zero-order valence-electron chi connectivity index (χ0n) is 20.7. The molecule has 0 bridgehead atoms. The summed E-state index contributed by atoms with van der Waals surface area (Å²) in [5, 5.41) is 5.22. The molecule has 3 rings (SSSR count). The number of guanidine groups is 1. The third kappa shape index (κ3) is 6.27. The average Bonchev–Trinajstić information content (AvgIpc) is 2.81. The number of hydrogen-bond donors (Lipinski definition) is 2. The van der Waals surface area contributed by atoms with Crippen molar-refractivity contribution in [2.24, 2.45) is 15.9 Å². The Kier molecular flexibility index (Phi) is 8.90. The Hall–Kier alpha value is -3.10. The standard InChI is InChI=1S/C25H36N6O3/c1-5-6-7-8-9-10-13-30-14-11-12-19(16-30)24(34)31-18(4)15-26-21-20(31)23(33)29-25(27-21)28-22(32)17(2)3/h11-12,14,16-18,20H,5-10,13,15H2,1-4H3,(H-,26,27,28,29,32,33)/p+1. The second-order valence-electron chi connectivity index (χ2n) is 9.35. The lowest BCUT2D eigenvalue weighted by atomic mass is 10.0. The number of amidine groups is 1. The van der Waals surface area contributed by atoms with Crippen LogP contribution < -0.4 is 15.2 Å². The van der Waals surface area contributed by atoms with Crippen molar-refractivity contribution in [1.29, 1.82) is 0 Å². The number of aromatic nitrogens is 1. The lowest BCUT2D eigenvalue weighted by Crippen LogP contribution is -2.64. The molecule has 0 saturated carbocycles. The lowest BCUT2D eigenvalue weighted by molar-refractivity contribution is -0.697. The third-order valence-corrected chi connectivity index (χ3v) is 6.11. The summed E-state index contributed by atoms with van der Waals surface area (Å²) in [5.74, 6) is -0.882. The van der Waals surface area contributed by atoms with E-state index in [-0.39, 0.29) is 35.6 Å². The number of fused-ring (bicyclic) bond motifs is 1. The van der Waals surface area contributed by atoms with Gasteiger partial charge in [0.05, 0.1) is 12.6 Å². The van der Waals surface area contributed by atoms with Gasteiger partial charge in [-0.1, -0.05) is 46.5 Å². The Morgan fingerprint density at radius 2 is 1.97 bits per heavy atom. The number of nitrogens with one attached hydrogen (secondary N) is 2. The first kappa shape index (κ1) is 25.5. The van der Waals surface area contributed by atoms with Crippen LogP contribution in [0.25, 0.3) is 0 Å². The van der Waals surface area contributed by atoms with Gasteiger partial charge >= 0.3 is 0 Å². The summed E-state index contributed by atoms with van der Waals surface area (Å²) in [6.45, 7) is 8.78. The Balaban J connectivity index is 1.71. The number of carbonyl (C=O) groups is 3. The first-order valence-corrected chi connectivity index (χ1v) is 12.4. The second kappa shape index (κ2) is 11.9. The van der Waals surface area contributed by atoms with Crippen LogP contribution in [0.1, 0.15) is 76.6 Å². The topological polar surface area (TPSA) is 107 Å². The summed E-state index contributed by atoms with van der Waals surface area (Å²) in [6.07, 6.45) is 11.1. The number of aliphatic imine (C=N–C) groups is 2. The molecule has 0 spiro atoms. The monoisotopic (exact) mass is 469 g/mol. The van der Waals surface area contributed by atoms with E-state index in [0.717, 1.165) is 13.0 Å². The van der Waals surface area contributed by atoms with Gasteiger partial charge in [0, 0.05) is 18.4 Å². The number of rotatable bonds is 9. The molecular formula is C25H37N6O3+. The van der Waals surface area contributed by atoms with Gasteiger partial charge in [-0.3, -0.25) is 30.0 Å². The van der Waals surface area contributed by atoms with Crippen LogP contribution in [0.5, 0.6) is 0 Å². The first-order valence-electron chi connectivity index (χ1n) is 12.4. The van der Waals surface area contributed by atoms with E-state index >= 15 is 0 Å². The number of hydrogen-bond acceptors (Lipinski definition) is 5. The van der Waals surface area contributed by atoms with Gasteiger partial charge in [-0.2, -0.15) is 4.99 Å². The van der Waals surface area contributed by atoms with Gasteiger partial charge in [0.1, 0.15) is 12.1 Å². The average molecular weight is 470 g/mol. The van der Waals surface area contributed by atoms with Gasteiger partial charge in [-0.15, -0.1) is 0 Å². The summed E-state index contributed by atoms with van der Waals surface area (Å²) in [4.78, 5) is 48.8. The van der Waals surface area contributed by atoms with Crippen molar-refractivity contribution < 1.29 is 19.0 Å². The molecule has 0 fully saturated rings. The predicted molar refractivity (Wildman–Crippen MR) is 130 cm³/mol. The van der Waals surface area contributed by atoms with E-state index in [0.29, 0.717) is 12.1 Å². The molecule has 9 heteroatoms. The third-order valence-electron chi connectivity index (χ3n) is 6.11. The van der Waals surface area contributed by atoms with E-state index in [4.69, 9.17) is 0 Å². The molecule has 184 valence electrons. The van der Waals surface area contributed by atoms with Crippen molar-refractivity contribution in [3.05, 3.63) is 30.1 Å². The number of pyridine rings is 1. The van der Waals surface area contributed by atoms with Crippen LogP contribution in [0.3, 0.4) is 0 Å². The quantitative estimate of drug-likeness (QED) is 0.428. The molecule has 0 aliphatic carbocycles. The molecule has 3 heterocycles. The van der Waals surface area contributed by atoms with Crippen LogP contribution in [0.2, 0.25) is 0 Å². The molecule has 2 unspecified atom stereocenters. The number of amides is 3. The van der Waals surface area contributed by atoms with Crippen LogP contribution in [0.15, 0.2) is 34.5 Å². The van der Waals surface area contributed by atoms with Gasteiger partial charge < -0.3 is 4.90 Å². The lowest BCUT2D eigenvalue weighted by Gasteiger charge is -2.39.